The highest BCUT2D eigenvalue weighted by Gasteiger charge is 2.50. The molecule has 3 heterocycles. The molecular formula is C29H35Cl3F2N4O3. The molecule has 0 radical (unpaired) electrons. The summed E-state index contributed by atoms with van der Waals surface area (Å²) in [6.07, 6.45) is 4.59. The number of carbonyl (C=O) groups excluding carboxylic acids is 2. The third-order valence-corrected chi connectivity index (χ3v) is 9.46. The smallest absolute Gasteiger partial charge is 0.257 e. The normalized spacial score (nSPS) is 21.0. The average molecular weight is 632 g/mol. The molecule has 3 fully saturated rings. The van der Waals surface area contributed by atoms with Gasteiger partial charge in [0, 0.05) is 63.1 Å². The van der Waals surface area contributed by atoms with Gasteiger partial charge in [-0.25, -0.2) is 8.78 Å². The van der Waals surface area contributed by atoms with Crippen LogP contribution in [0.3, 0.4) is 0 Å². The van der Waals surface area contributed by atoms with E-state index in [2.05, 4.69) is 11.8 Å². The van der Waals surface area contributed by atoms with Crippen LogP contribution >= 0.6 is 35.6 Å². The highest BCUT2D eigenvalue weighted by atomic mass is 35.5. The van der Waals surface area contributed by atoms with Gasteiger partial charge in [0.15, 0.2) is 12.4 Å². The van der Waals surface area contributed by atoms with Crippen LogP contribution in [0, 0.1) is 11.1 Å². The van der Waals surface area contributed by atoms with Crippen molar-refractivity contribution in [1.29, 1.82) is 0 Å². The van der Waals surface area contributed by atoms with Crippen LogP contribution in [-0.2, 0) is 11.3 Å². The Morgan fingerprint density at radius 2 is 1.59 bits per heavy atom. The molecule has 2 aromatic rings. The van der Waals surface area contributed by atoms with Crippen LogP contribution in [0.2, 0.25) is 10.0 Å². The van der Waals surface area contributed by atoms with Crippen LogP contribution in [0.5, 0.6) is 0 Å². The Hall–Kier alpha value is -2.20. The monoisotopic (exact) mass is 630 g/mol. The molecule has 1 aliphatic carbocycles. The van der Waals surface area contributed by atoms with Gasteiger partial charge < -0.3 is 15.0 Å². The first-order valence-electron chi connectivity index (χ1n) is 13.8. The van der Waals surface area contributed by atoms with Crippen molar-refractivity contribution in [1.82, 2.24) is 14.7 Å². The minimum absolute atomic E-state index is 0. The summed E-state index contributed by atoms with van der Waals surface area (Å²) in [6.45, 7) is 5.27. The number of aromatic nitrogens is 1. The zero-order valence-electron chi connectivity index (χ0n) is 22.9. The summed E-state index contributed by atoms with van der Waals surface area (Å²) in [5, 5.41) is 11.6. The van der Waals surface area contributed by atoms with Crippen molar-refractivity contribution in [3.63, 3.8) is 0 Å². The largest absolute Gasteiger partial charge is 0.619 e. The first kappa shape index (κ1) is 31.7. The summed E-state index contributed by atoms with van der Waals surface area (Å²) in [4.78, 5) is 32.5. The third-order valence-electron chi connectivity index (χ3n) is 8.89. The number of amides is 2. The zero-order valence-corrected chi connectivity index (χ0v) is 25.2. The second-order valence-corrected chi connectivity index (χ2v) is 12.4. The molecule has 0 bridgehead atoms. The lowest BCUT2D eigenvalue weighted by molar-refractivity contribution is -0.605. The number of alkyl halides is 2. The standard InChI is InChI=1S/C29H34Cl2F2N4O3.ClH/c1-28(9-13-34(14-10-28)27(39)25-23(30)18-36(40)19-24(25)31)35-11-7-22(8-12-35)37(17-20-5-3-2-4-6-20)26(38)21-15-29(32,33)16-21;/h2-6,18-19,21-22H,7-17H2,1H3;1H. The zero-order chi connectivity index (χ0) is 28.7. The number of hydrogen-bond acceptors (Lipinski definition) is 4. The molecule has 2 saturated heterocycles. The molecule has 1 saturated carbocycles. The first-order valence-corrected chi connectivity index (χ1v) is 14.6. The second kappa shape index (κ2) is 12.6. The van der Waals surface area contributed by atoms with Gasteiger partial charge in [-0.3, -0.25) is 14.5 Å². The van der Waals surface area contributed by atoms with Crippen molar-refractivity contribution in [3.05, 3.63) is 69.1 Å². The Kier molecular flexibility index (Phi) is 9.73. The lowest BCUT2D eigenvalue weighted by Crippen LogP contribution is -2.59. The van der Waals surface area contributed by atoms with Crippen LogP contribution in [0.1, 0.15) is 61.4 Å². The van der Waals surface area contributed by atoms with E-state index in [1.54, 1.807) is 4.90 Å². The van der Waals surface area contributed by atoms with Crippen molar-refractivity contribution in [2.75, 3.05) is 26.2 Å². The van der Waals surface area contributed by atoms with Gasteiger partial charge in [0.2, 0.25) is 11.8 Å². The highest BCUT2D eigenvalue weighted by Crippen LogP contribution is 2.44. The van der Waals surface area contributed by atoms with Gasteiger partial charge in [-0.1, -0.05) is 53.5 Å². The summed E-state index contributed by atoms with van der Waals surface area (Å²) < 4.78 is 27.6. The van der Waals surface area contributed by atoms with Gasteiger partial charge >= 0.3 is 0 Å². The Morgan fingerprint density at radius 1 is 1.02 bits per heavy atom. The highest BCUT2D eigenvalue weighted by molar-refractivity contribution is 6.39. The number of halogens is 5. The average Bonchev–Trinajstić information content (AvgIpc) is 2.90. The number of hydrogen-bond donors (Lipinski definition) is 0. The van der Waals surface area contributed by atoms with Crippen LogP contribution in [0.4, 0.5) is 8.78 Å². The predicted octanol–water partition coefficient (Wildman–Crippen LogP) is 5.58. The lowest BCUT2D eigenvalue weighted by atomic mass is 9.79. The number of carbonyl (C=O) groups is 2. The number of likely N-dealkylation sites (tertiary alicyclic amines) is 2. The maximum absolute atomic E-state index is 13.6. The SMILES string of the molecule is CC1(N2CCC(N(Cc3ccccc3)C(=O)C3CC(F)(F)C3)CC2)CCN(C(=O)c2c(Cl)c[n+]([O-])cc2Cl)CC1.Cl. The third kappa shape index (κ3) is 6.90. The van der Waals surface area contributed by atoms with E-state index in [4.69, 9.17) is 23.2 Å². The van der Waals surface area contributed by atoms with Crippen molar-refractivity contribution >= 4 is 47.4 Å². The van der Waals surface area contributed by atoms with Crippen LogP contribution < -0.4 is 4.73 Å². The fourth-order valence-electron chi connectivity index (χ4n) is 6.33. The lowest BCUT2D eigenvalue weighted by Gasteiger charge is -2.50. The maximum Gasteiger partial charge on any atom is 0.257 e. The molecule has 224 valence electrons. The Morgan fingerprint density at radius 3 is 2.12 bits per heavy atom. The number of piperidine rings is 2. The van der Waals surface area contributed by atoms with Crippen molar-refractivity contribution < 1.29 is 23.1 Å². The van der Waals surface area contributed by atoms with Crippen LogP contribution in [-0.4, -0.2) is 70.2 Å². The Bertz CT molecular complexity index is 1220. The number of nitrogens with zero attached hydrogens (tertiary/aromatic N) is 4. The minimum atomic E-state index is -2.73. The summed E-state index contributed by atoms with van der Waals surface area (Å²) in [5.74, 6) is -3.79. The number of rotatable bonds is 6. The molecular weight excluding hydrogens is 597 g/mol. The van der Waals surface area contributed by atoms with Gasteiger partial charge in [0.25, 0.3) is 5.91 Å². The predicted molar refractivity (Wildman–Crippen MR) is 155 cm³/mol. The second-order valence-electron chi connectivity index (χ2n) is 11.6. The molecule has 5 rings (SSSR count). The molecule has 0 spiro atoms. The van der Waals surface area contributed by atoms with E-state index in [1.807, 2.05) is 35.2 Å². The van der Waals surface area contributed by atoms with E-state index in [-0.39, 0.29) is 64.3 Å². The van der Waals surface area contributed by atoms with Gasteiger partial charge in [0.1, 0.15) is 10.0 Å². The van der Waals surface area contributed by atoms with Crippen LogP contribution in [0.25, 0.3) is 0 Å². The number of pyridine rings is 1. The van der Waals surface area contributed by atoms with E-state index < -0.39 is 11.8 Å². The first-order chi connectivity index (χ1) is 19.0. The summed E-state index contributed by atoms with van der Waals surface area (Å²) >= 11 is 12.3. The Labute approximate surface area is 255 Å². The molecule has 3 aliphatic rings. The van der Waals surface area contributed by atoms with Crippen molar-refractivity contribution in [2.45, 2.75) is 69.5 Å². The summed E-state index contributed by atoms with van der Waals surface area (Å²) in [6, 6.07) is 9.70. The number of benzene rings is 1. The van der Waals surface area contributed by atoms with E-state index in [9.17, 15) is 23.6 Å². The van der Waals surface area contributed by atoms with Gasteiger partial charge in [0.05, 0.1) is 5.56 Å². The molecule has 0 unspecified atom stereocenters. The van der Waals surface area contributed by atoms with Crippen molar-refractivity contribution in [3.8, 4) is 0 Å². The fourth-order valence-corrected chi connectivity index (χ4v) is 6.93. The molecule has 7 nitrogen and oxygen atoms in total. The maximum atomic E-state index is 13.6. The van der Waals surface area contributed by atoms with E-state index >= 15 is 0 Å². The molecule has 2 amide bonds. The van der Waals surface area contributed by atoms with E-state index in [0.717, 1.165) is 56.7 Å². The molecule has 1 aromatic carbocycles. The topological polar surface area (TPSA) is 70.8 Å². The van der Waals surface area contributed by atoms with Crippen LogP contribution in [0.15, 0.2) is 42.7 Å². The molecule has 0 N–H and O–H groups in total. The molecule has 41 heavy (non-hydrogen) atoms. The molecule has 0 atom stereocenters. The van der Waals surface area contributed by atoms with Gasteiger partial charge in [-0.15, -0.1) is 12.4 Å². The quantitative estimate of drug-likeness (QED) is 0.308. The van der Waals surface area contributed by atoms with E-state index in [0.29, 0.717) is 24.4 Å². The fraction of sp³-hybridized carbons (Fsp3) is 0.552. The van der Waals surface area contributed by atoms with Gasteiger partial charge in [-0.2, -0.15) is 4.73 Å². The van der Waals surface area contributed by atoms with E-state index in [1.165, 1.54) is 0 Å². The van der Waals surface area contributed by atoms with Crippen molar-refractivity contribution in [2.24, 2.45) is 5.92 Å². The molecule has 12 heteroatoms. The summed E-state index contributed by atoms with van der Waals surface area (Å²) in [7, 11) is 0. The summed E-state index contributed by atoms with van der Waals surface area (Å²) in [5.41, 5.74) is 1.03. The molecule has 1 aromatic heterocycles. The Balaban J connectivity index is 0.00000387. The molecule has 2 aliphatic heterocycles. The van der Waals surface area contributed by atoms with Gasteiger partial charge in [-0.05, 0) is 38.2 Å². The minimum Gasteiger partial charge on any atom is -0.619 e.